The van der Waals surface area contributed by atoms with E-state index in [2.05, 4.69) is 24.7 Å². The highest BCUT2D eigenvalue weighted by Crippen LogP contribution is 2.09. The van der Waals surface area contributed by atoms with Gasteiger partial charge in [-0.05, 0) is 6.07 Å². The Kier molecular flexibility index (Phi) is 2.40. The van der Waals surface area contributed by atoms with Crippen molar-refractivity contribution in [1.82, 2.24) is 19.9 Å². The van der Waals surface area contributed by atoms with Crippen molar-refractivity contribution in [2.45, 2.75) is 0 Å². The zero-order valence-corrected chi connectivity index (χ0v) is 7.97. The Bertz CT molecular complexity index is 466. The first-order valence-corrected chi connectivity index (χ1v) is 4.22. The number of nitrogens with zero attached hydrogens (tertiary/aromatic N) is 3. The molecule has 6 heteroatoms. The van der Waals surface area contributed by atoms with E-state index in [0.29, 0.717) is 11.6 Å². The molecule has 0 bridgehead atoms. The molecular weight excluding hydrogens is 196 g/mol. The molecule has 2 aromatic heterocycles. The molecule has 0 saturated carbocycles. The highest BCUT2D eigenvalue weighted by Gasteiger charge is 2.11. The highest BCUT2D eigenvalue weighted by molar-refractivity contribution is 5.87. The number of esters is 1. The second-order valence-electron chi connectivity index (χ2n) is 2.71. The molecule has 0 atom stereocenters. The fourth-order valence-corrected chi connectivity index (χ4v) is 1.07. The summed E-state index contributed by atoms with van der Waals surface area (Å²) in [7, 11) is 1.31. The van der Waals surface area contributed by atoms with E-state index in [-0.39, 0.29) is 5.69 Å². The minimum Gasteiger partial charge on any atom is -0.464 e. The maximum absolute atomic E-state index is 11.1. The summed E-state index contributed by atoms with van der Waals surface area (Å²) in [4.78, 5) is 25.8. The molecule has 0 unspecified atom stereocenters. The quantitative estimate of drug-likeness (QED) is 0.726. The predicted molar refractivity (Wildman–Crippen MR) is 51.0 cm³/mol. The number of hydrogen-bond donors (Lipinski definition) is 1. The van der Waals surface area contributed by atoms with Crippen molar-refractivity contribution in [3.63, 3.8) is 0 Å². The van der Waals surface area contributed by atoms with Crippen molar-refractivity contribution in [2.24, 2.45) is 0 Å². The van der Waals surface area contributed by atoms with E-state index >= 15 is 0 Å². The fourth-order valence-electron chi connectivity index (χ4n) is 1.07. The van der Waals surface area contributed by atoms with Crippen molar-refractivity contribution in [1.29, 1.82) is 0 Å². The van der Waals surface area contributed by atoms with Gasteiger partial charge in [0.15, 0.2) is 11.6 Å². The summed E-state index contributed by atoms with van der Waals surface area (Å²) in [5.74, 6) is 0.410. The van der Waals surface area contributed by atoms with Crippen LogP contribution in [0.5, 0.6) is 0 Å². The van der Waals surface area contributed by atoms with Crippen LogP contribution >= 0.6 is 0 Å². The van der Waals surface area contributed by atoms with Gasteiger partial charge in [-0.25, -0.2) is 19.7 Å². The molecule has 0 aliphatic carbocycles. The van der Waals surface area contributed by atoms with Gasteiger partial charge in [0.1, 0.15) is 5.69 Å². The lowest BCUT2D eigenvalue weighted by Crippen LogP contribution is -2.01. The maximum Gasteiger partial charge on any atom is 0.356 e. The zero-order valence-electron chi connectivity index (χ0n) is 7.97. The molecule has 6 nitrogen and oxygen atoms in total. The average Bonchev–Trinajstić information content (AvgIpc) is 2.78. The standard InChI is InChI=1S/C9H8N4O2/c1-15-9(14)6-5-12-8(13-6)7-10-3-2-4-11-7/h2-5H,1H3,(H,12,13). The van der Waals surface area contributed by atoms with Crippen LogP contribution < -0.4 is 0 Å². The second kappa shape index (κ2) is 3.87. The van der Waals surface area contributed by atoms with E-state index in [1.54, 1.807) is 18.5 Å². The Labute approximate surface area is 85.4 Å². The number of aromatic nitrogens is 4. The van der Waals surface area contributed by atoms with Crippen LogP contribution in [-0.2, 0) is 4.74 Å². The molecule has 2 rings (SSSR count). The van der Waals surface area contributed by atoms with Crippen LogP contribution in [0.4, 0.5) is 0 Å². The smallest absolute Gasteiger partial charge is 0.356 e. The van der Waals surface area contributed by atoms with Crippen LogP contribution in [0.1, 0.15) is 10.5 Å². The monoisotopic (exact) mass is 204 g/mol. The molecule has 1 N–H and O–H groups in total. The summed E-state index contributed by atoms with van der Waals surface area (Å²) in [6, 6.07) is 1.70. The Morgan fingerprint density at radius 1 is 1.33 bits per heavy atom. The summed E-state index contributed by atoms with van der Waals surface area (Å²) >= 11 is 0. The van der Waals surface area contributed by atoms with Gasteiger partial charge in [0.05, 0.1) is 13.3 Å². The SMILES string of the molecule is COC(=O)c1cnc(-c2ncccn2)[nH]1. The topological polar surface area (TPSA) is 80.8 Å². The van der Waals surface area contributed by atoms with E-state index in [1.807, 2.05) is 0 Å². The van der Waals surface area contributed by atoms with Crippen molar-refractivity contribution in [2.75, 3.05) is 7.11 Å². The first kappa shape index (κ1) is 9.32. The number of H-pyrrole nitrogens is 1. The summed E-state index contributed by atoms with van der Waals surface area (Å²) < 4.78 is 4.53. The van der Waals surface area contributed by atoms with E-state index in [1.165, 1.54) is 13.3 Å². The minimum atomic E-state index is -0.468. The van der Waals surface area contributed by atoms with E-state index in [4.69, 9.17) is 0 Å². The molecule has 0 aliphatic heterocycles. The number of aromatic amines is 1. The molecule has 15 heavy (non-hydrogen) atoms. The molecule has 0 amide bonds. The molecule has 0 fully saturated rings. The van der Waals surface area contributed by atoms with Gasteiger partial charge in [-0.15, -0.1) is 0 Å². The van der Waals surface area contributed by atoms with Crippen LogP contribution in [0, 0.1) is 0 Å². The number of imidazole rings is 1. The Morgan fingerprint density at radius 2 is 2.07 bits per heavy atom. The molecule has 76 valence electrons. The van der Waals surface area contributed by atoms with Crippen molar-refractivity contribution < 1.29 is 9.53 Å². The predicted octanol–water partition coefficient (Wildman–Crippen LogP) is 0.653. The minimum absolute atomic E-state index is 0.278. The Balaban J connectivity index is 2.32. The van der Waals surface area contributed by atoms with Gasteiger partial charge in [0.2, 0.25) is 0 Å². The van der Waals surface area contributed by atoms with Gasteiger partial charge >= 0.3 is 5.97 Å². The summed E-state index contributed by atoms with van der Waals surface area (Å²) in [6.07, 6.45) is 4.59. The maximum atomic E-state index is 11.1. The Morgan fingerprint density at radius 3 is 2.73 bits per heavy atom. The number of hydrogen-bond acceptors (Lipinski definition) is 5. The lowest BCUT2D eigenvalue weighted by molar-refractivity contribution is 0.0595. The lowest BCUT2D eigenvalue weighted by Gasteiger charge is -1.94. The molecule has 0 spiro atoms. The van der Waals surface area contributed by atoms with Crippen LogP contribution in [0.2, 0.25) is 0 Å². The van der Waals surface area contributed by atoms with Gasteiger partial charge < -0.3 is 9.72 Å². The summed E-state index contributed by atoms with van der Waals surface area (Å²) in [6.45, 7) is 0. The van der Waals surface area contributed by atoms with E-state index < -0.39 is 5.97 Å². The third-order valence-electron chi connectivity index (χ3n) is 1.76. The number of rotatable bonds is 2. The molecule has 2 heterocycles. The first-order chi connectivity index (χ1) is 7.31. The highest BCUT2D eigenvalue weighted by atomic mass is 16.5. The molecule has 0 aliphatic rings. The average molecular weight is 204 g/mol. The molecular formula is C9H8N4O2. The van der Waals surface area contributed by atoms with Crippen molar-refractivity contribution in [3.05, 3.63) is 30.4 Å². The fraction of sp³-hybridized carbons (Fsp3) is 0.111. The molecule has 0 saturated heterocycles. The van der Waals surface area contributed by atoms with E-state index in [9.17, 15) is 4.79 Å². The van der Waals surface area contributed by atoms with Gasteiger partial charge in [-0.3, -0.25) is 0 Å². The number of carbonyl (C=O) groups is 1. The number of carbonyl (C=O) groups excluding carboxylic acids is 1. The first-order valence-electron chi connectivity index (χ1n) is 4.22. The number of nitrogens with one attached hydrogen (secondary N) is 1. The van der Waals surface area contributed by atoms with Crippen LogP contribution in [-0.4, -0.2) is 33.0 Å². The van der Waals surface area contributed by atoms with Crippen molar-refractivity contribution >= 4 is 5.97 Å². The van der Waals surface area contributed by atoms with Crippen LogP contribution in [0.25, 0.3) is 11.6 Å². The van der Waals surface area contributed by atoms with E-state index in [0.717, 1.165) is 0 Å². The van der Waals surface area contributed by atoms with Crippen LogP contribution in [0.3, 0.4) is 0 Å². The van der Waals surface area contributed by atoms with Gasteiger partial charge in [0, 0.05) is 12.4 Å². The molecule has 0 radical (unpaired) electrons. The number of methoxy groups -OCH3 is 1. The normalized spacial score (nSPS) is 9.93. The van der Waals surface area contributed by atoms with Crippen molar-refractivity contribution in [3.8, 4) is 11.6 Å². The molecule has 2 aromatic rings. The molecule has 0 aromatic carbocycles. The third kappa shape index (κ3) is 1.83. The lowest BCUT2D eigenvalue weighted by atomic mass is 10.5. The van der Waals surface area contributed by atoms with Gasteiger partial charge in [-0.1, -0.05) is 0 Å². The largest absolute Gasteiger partial charge is 0.464 e. The Hall–Kier alpha value is -2.24. The van der Waals surface area contributed by atoms with Gasteiger partial charge in [-0.2, -0.15) is 0 Å². The van der Waals surface area contributed by atoms with Gasteiger partial charge in [0.25, 0.3) is 0 Å². The zero-order chi connectivity index (χ0) is 10.7. The second-order valence-corrected chi connectivity index (χ2v) is 2.71. The summed E-state index contributed by atoms with van der Waals surface area (Å²) in [5, 5.41) is 0. The number of ether oxygens (including phenoxy) is 1. The third-order valence-corrected chi connectivity index (χ3v) is 1.76. The van der Waals surface area contributed by atoms with Crippen LogP contribution in [0.15, 0.2) is 24.7 Å². The summed E-state index contributed by atoms with van der Waals surface area (Å²) in [5.41, 5.74) is 0.278.